The van der Waals surface area contributed by atoms with Crippen LogP contribution in [-0.2, 0) is 16.0 Å². The first kappa shape index (κ1) is 23.1. The van der Waals surface area contributed by atoms with Gasteiger partial charge in [-0.15, -0.1) is 0 Å². The second-order valence-corrected chi connectivity index (χ2v) is 10.4. The molecule has 2 atom stereocenters. The average Bonchev–Trinajstić information content (AvgIpc) is 3.01. The first-order chi connectivity index (χ1) is 15.1. The van der Waals surface area contributed by atoms with Gasteiger partial charge in [0.05, 0.1) is 16.0 Å². The minimum atomic E-state index is -0.584. The van der Waals surface area contributed by atoms with Gasteiger partial charge in [0.15, 0.2) is 0 Å². The van der Waals surface area contributed by atoms with Gasteiger partial charge in [-0.2, -0.15) is 0 Å². The number of rotatable bonds is 3. The lowest BCUT2D eigenvalue weighted by Crippen LogP contribution is -2.47. The van der Waals surface area contributed by atoms with E-state index >= 15 is 0 Å². The maximum atomic E-state index is 13.1. The molecule has 2 aromatic rings. The zero-order chi connectivity index (χ0) is 23.4. The Hall–Kier alpha value is -2.12. The Morgan fingerprint density at radius 1 is 1.22 bits per heavy atom. The van der Waals surface area contributed by atoms with Crippen LogP contribution in [0, 0.1) is 5.92 Å². The van der Waals surface area contributed by atoms with Gasteiger partial charge in [0.1, 0.15) is 5.60 Å². The van der Waals surface area contributed by atoms with Crippen LogP contribution in [0.4, 0.5) is 4.79 Å². The fourth-order valence-electron chi connectivity index (χ4n) is 5.00. The van der Waals surface area contributed by atoms with Crippen molar-refractivity contribution in [3.63, 3.8) is 0 Å². The molecular weight excluding hydrogens is 470 g/mol. The highest BCUT2D eigenvalue weighted by atomic mass is 79.9. The fraction of sp³-hybridized carbons (Fsp3) is 0.520. The van der Waals surface area contributed by atoms with Gasteiger partial charge in [-0.25, -0.2) is 9.36 Å². The SMILES string of the molecule is CCN(CC)C(=O)[C@@H]1C=C2c3cccc4c3c(c(Br)n4C(=O)OC(C)(C)C)CC2N(C)C1. The number of ether oxygens (including phenoxy) is 1. The molecule has 1 aromatic heterocycles. The van der Waals surface area contributed by atoms with E-state index < -0.39 is 5.60 Å². The summed E-state index contributed by atoms with van der Waals surface area (Å²) in [6.07, 6.45) is 2.56. The van der Waals surface area contributed by atoms with Crippen LogP contribution in [0.1, 0.15) is 45.7 Å². The molecule has 6 nitrogen and oxygen atoms in total. The molecule has 2 aliphatic rings. The van der Waals surface area contributed by atoms with Gasteiger partial charge in [-0.1, -0.05) is 18.2 Å². The van der Waals surface area contributed by atoms with Crippen LogP contribution in [0.15, 0.2) is 28.9 Å². The van der Waals surface area contributed by atoms with Gasteiger partial charge in [0, 0.05) is 31.1 Å². The van der Waals surface area contributed by atoms with Crippen molar-refractivity contribution < 1.29 is 14.3 Å². The minimum absolute atomic E-state index is 0.166. The fourth-order valence-corrected chi connectivity index (χ4v) is 5.70. The van der Waals surface area contributed by atoms with Crippen molar-refractivity contribution >= 4 is 44.4 Å². The number of nitrogens with zero attached hydrogens (tertiary/aromatic N) is 3. The van der Waals surface area contributed by atoms with E-state index in [2.05, 4.69) is 40.0 Å². The van der Waals surface area contributed by atoms with E-state index in [1.54, 1.807) is 4.57 Å². The third kappa shape index (κ3) is 3.79. The lowest BCUT2D eigenvalue weighted by molar-refractivity contribution is -0.134. The summed E-state index contributed by atoms with van der Waals surface area (Å²) >= 11 is 3.70. The highest BCUT2D eigenvalue weighted by molar-refractivity contribution is 9.10. The molecule has 0 N–H and O–H groups in total. The maximum Gasteiger partial charge on any atom is 0.419 e. The Kier molecular flexibility index (Phi) is 6.01. The lowest BCUT2D eigenvalue weighted by Gasteiger charge is -2.40. The summed E-state index contributed by atoms with van der Waals surface area (Å²) in [6.45, 7) is 11.8. The van der Waals surface area contributed by atoms with Crippen LogP contribution in [0.5, 0.6) is 0 Å². The molecule has 0 saturated heterocycles. The van der Waals surface area contributed by atoms with Crippen molar-refractivity contribution in [1.82, 2.24) is 14.4 Å². The molecule has 32 heavy (non-hydrogen) atoms. The van der Waals surface area contributed by atoms with E-state index in [1.165, 1.54) is 5.57 Å². The van der Waals surface area contributed by atoms with Gasteiger partial charge in [-0.05, 0) is 86.8 Å². The largest absolute Gasteiger partial charge is 0.443 e. The van der Waals surface area contributed by atoms with Gasteiger partial charge in [-0.3, -0.25) is 9.69 Å². The highest BCUT2D eigenvalue weighted by Crippen LogP contribution is 2.45. The number of halogens is 1. The molecule has 1 unspecified atom stereocenters. The number of benzene rings is 1. The summed E-state index contributed by atoms with van der Waals surface area (Å²) in [4.78, 5) is 30.4. The molecule has 172 valence electrons. The Morgan fingerprint density at radius 2 is 1.91 bits per heavy atom. The van der Waals surface area contributed by atoms with Crippen molar-refractivity contribution in [3.05, 3.63) is 40.0 Å². The molecule has 0 radical (unpaired) electrons. The summed E-state index contributed by atoms with van der Waals surface area (Å²) < 4.78 is 8.08. The second kappa shape index (κ2) is 8.34. The predicted molar refractivity (Wildman–Crippen MR) is 131 cm³/mol. The summed E-state index contributed by atoms with van der Waals surface area (Å²) in [5.74, 6) is 0.0117. The van der Waals surface area contributed by atoms with Gasteiger partial charge < -0.3 is 9.64 Å². The van der Waals surface area contributed by atoms with Crippen molar-refractivity contribution in [2.45, 2.75) is 52.7 Å². The van der Waals surface area contributed by atoms with E-state index in [0.717, 1.165) is 33.1 Å². The topological polar surface area (TPSA) is 54.8 Å². The first-order valence-corrected chi connectivity index (χ1v) is 12.1. The molecule has 4 rings (SSSR count). The molecule has 0 bridgehead atoms. The van der Waals surface area contributed by atoms with Crippen LogP contribution in [0.3, 0.4) is 0 Å². The monoisotopic (exact) mass is 501 g/mol. The summed E-state index contributed by atoms with van der Waals surface area (Å²) in [5, 5.41) is 1.07. The van der Waals surface area contributed by atoms with E-state index in [0.29, 0.717) is 19.6 Å². The number of likely N-dealkylation sites (N-methyl/N-ethyl adjacent to an activating group) is 1. The minimum Gasteiger partial charge on any atom is -0.443 e. The van der Waals surface area contributed by atoms with Crippen molar-refractivity contribution in [2.24, 2.45) is 5.92 Å². The lowest BCUT2D eigenvalue weighted by atomic mass is 9.79. The molecule has 0 fully saturated rings. The molecule has 1 amide bonds. The molecule has 0 saturated carbocycles. The van der Waals surface area contributed by atoms with Crippen LogP contribution in [0.25, 0.3) is 16.5 Å². The van der Waals surface area contributed by atoms with E-state index in [1.807, 2.05) is 51.7 Å². The van der Waals surface area contributed by atoms with Crippen molar-refractivity contribution in [2.75, 3.05) is 26.7 Å². The molecular formula is C25H32BrN3O3. The molecule has 1 aliphatic heterocycles. The number of aromatic nitrogens is 1. The first-order valence-electron chi connectivity index (χ1n) is 11.3. The Labute approximate surface area is 198 Å². The average molecular weight is 502 g/mol. The normalized spacial score (nSPS) is 20.7. The van der Waals surface area contributed by atoms with Gasteiger partial charge in [0.25, 0.3) is 0 Å². The number of hydrogen-bond acceptors (Lipinski definition) is 4. The second-order valence-electron chi connectivity index (χ2n) is 9.68. The molecule has 2 heterocycles. The van der Waals surface area contributed by atoms with Crippen LogP contribution >= 0.6 is 15.9 Å². The Balaban J connectivity index is 1.85. The smallest absolute Gasteiger partial charge is 0.419 e. The number of hydrogen-bond donors (Lipinski definition) is 0. The van der Waals surface area contributed by atoms with Crippen LogP contribution in [-0.4, -0.2) is 64.7 Å². The summed E-state index contributed by atoms with van der Waals surface area (Å²) in [5.41, 5.74) is 3.64. The standard InChI is InChI=1S/C25H32BrN3O3/c1-7-28(8-2)23(30)15-12-17-16-10-9-11-19-21(16)18(13-20(17)27(6)14-15)22(26)29(19)24(31)32-25(3,4)5/h9-12,15,20H,7-8,13-14H2,1-6H3/t15-,20?/m1/s1. The number of carbonyl (C=O) groups is 2. The van der Waals surface area contributed by atoms with Gasteiger partial charge in [0.2, 0.25) is 5.91 Å². The highest BCUT2D eigenvalue weighted by Gasteiger charge is 2.38. The van der Waals surface area contributed by atoms with Crippen LogP contribution in [0.2, 0.25) is 0 Å². The number of amides is 1. The molecule has 1 aliphatic carbocycles. The van der Waals surface area contributed by atoms with Crippen LogP contribution < -0.4 is 0 Å². The van der Waals surface area contributed by atoms with E-state index in [-0.39, 0.29) is 24.0 Å². The predicted octanol–water partition coefficient (Wildman–Crippen LogP) is 4.93. The summed E-state index contributed by atoms with van der Waals surface area (Å²) in [6, 6.07) is 6.21. The Bertz CT molecular complexity index is 1110. The van der Waals surface area contributed by atoms with E-state index in [9.17, 15) is 9.59 Å². The number of fused-ring (bicyclic) bond motifs is 2. The van der Waals surface area contributed by atoms with Crippen molar-refractivity contribution in [1.29, 1.82) is 0 Å². The van der Waals surface area contributed by atoms with Crippen molar-refractivity contribution in [3.8, 4) is 0 Å². The zero-order valence-electron chi connectivity index (χ0n) is 19.7. The zero-order valence-corrected chi connectivity index (χ0v) is 21.3. The molecule has 7 heteroatoms. The quantitative estimate of drug-likeness (QED) is 0.598. The van der Waals surface area contributed by atoms with E-state index in [4.69, 9.17) is 4.74 Å². The maximum absolute atomic E-state index is 13.1. The Morgan fingerprint density at radius 3 is 2.53 bits per heavy atom. The molecule has 0 spiro atoms. The summed E-state index contributed by atoms with van der Waals surface area (Å²) in [7, 11) is 2.09. The van der Waals surface area contributed by atoms with Gasteiger partial charge >= 0.3 is 6.09 Å². The molecule has 1 aromatic carbocycles. The third-order valence-electron chi connectivity index (χ3n) is 6.46. The number of carbonyl (C=O) groups excluding carboxylic acids is 2. The third-order valence-corrected chi connectivity index (χ3v) is 7.30.